The molecule has 1 aliphatic heterocycles. The van der Waals surface area contributed by atoms with Crippen LogP contribution in [0.5, 0.6) is 0 Å². The van der Waals surface area contributed by atoms with Gasteiger partial charge in [0.05, 0.1) is 12.4 Å². The van der Waals surface area contributed by atoms with E-state index in [0.29, 0.717) is 25.0 Å². The first kappa shape index (κ1) is 28.5. The molecule has 11 N–H and O–H groups in total. The van der Waals surface area contributed by atoms with Gasteiger partial charge in [-0.05, 0) is 32.6 Å². The minimum absolute atomic E-state index is 0.0115. The van der Waals surface area contributed by atoms with Crippen LogP contribution in [0.25, 0.3) is 0 Å². The van der Waals surface area contributed by atoms with Gasteiger partial charge in [0.2, 0.25) is 17.7 Å². The number of amides is 3. The first-order valence-electron chi connectivity index (χ1n) is 11.6. The Hall–Kier alpha value is -3.72. The molecule has 1 fully saturated rings. The molecule has 0 saturated carbocycles. The number of imidazole rings is 1. The Labute approximate surface area is 207 Å². The first-order chi connectivity index (χ1) is 17.0. The highest BCUT2D eigenvalue weighted by Gasteiger charge is 2.39. The molecule has 0 aliphatic carbocycles. The summed E-state index contributed by atoms with van der Waals surface area (Å²) in [5, 5.41) is 24.2. The maximum Gasteiger partial charge on any atom is 0.326 e. The number of aliphatic hydroxyl groups is 1. The number of aliphatic imine (C=N–C) groups is 1. The maximum absolute atomic E-state index is 13.4. The fraction of sp³-hybridized carbons (Fsp3) is 0.619. The van der Waals surface area contributed by atoms with E-state index in [4.69, 9.17) is 17.2 Å². The standard InChI is InChI=1S/C21H35N9O6/c1-11(31)16(22)18(33)28-13(4-2-6-26-21(23)24)19(34)30-7-3-5-15(30)17(32)29-14(20(35)36)8-12-9-25-10-27-12/h9-11,13-16,31H,2-8,22H2,1H3,(H,25,27)(H,28,33)(H,29,32)(H,35,36)(H4,23,24,26). The fourth-order valence-electron chi connectivity index (χ4n) is 3.84. The van der Waals surface area contributed by atoms with Crippen molar-refractivity contribution >= 4 is 29.7 Å². The lowest BCUT2D eigenvalue weighted by molar-refractivity contribution is -0.145. The number of carboxylic acids is 1. The van der Waals surface area contributed by atoms with Crippen molar-refractivity contribution in [3.63, 3.8) is 0 Å². The van der Waals surface area contributed by atoms with Gasteiger partial charge >= 0.3 is 5.97 Å². The number of aromatic amines is 1. The SMILES string of the molecule is CC(O)C(N)C(=O)NC(CCCN=C(N)N)C(=O)N1CCCC1C(=O)NC(Cc1cnc[nH]1)C(=O)O. The van der Waals surface area contributed by atoms with E-state index in [1.165, 1.54) is 24.3 Å². The minimum atomic E-state index is -1.26. The molecular weight excluding hydrogens is 474 g/mol. The molecule has 5 unspecified atom stereocenters. The third kappa shape index (κ3) is 8.20. The van der Waals surface area contributed by atoms with Gasteiger partial charge in [-0.3, -0.25) is 19.4 Å². The van der Waals surface area contributed by atoms with Gasteiger partial charge in [-0.25, -0.2) is 9.78 Å². The highest BCUT2D eigenvalue weighted by Crippen LogP contribution is 2.20. The number of nitrogens with zero attached hydrogens (tertiary/aromatic N) is 3. The molecule has 2 rings (SSSR count). The number of nitrogens with one attached hydrogen (secondary N) is 3. The average molecular weight is 510 g/mol. The smallest absolute Gasteiger partial charge is 0.326 e. The lowest BCUT2D eigenvalue weighted by Crippen LogP contribution is -2.58. The van der Waals surface area contributed by atoms with E-state index in [9.17, 15) is 29.4 Å². The molecule has 15 nitrogen and oxygen atoms in total. The zero-order valence-electron chi connectivity index (χ0n) is 20.1. The monoisotopic (exact) mass is 509 g/mol. The van der Waals surface area contributed by atoms with Gasteiger partial charge in [0.25, 0.3) is 0 Å². The molecule has 1 aromatic heterocycles. The number of carbonyl (C=O) groups is 4. The number of guanidine groups is 1. The summed E-state index contributed by atoms with van der Waals surface area (Å²) in [4.78, 5) is 62.4. The van der Waals surface area contributed by atoms with Crippen LogP contribution >= 0.6 is 0 Å². The number of nitrogens with two attached hydrogens (primary N) is 3. The summed E-state index contributed by atoms with van der Waals surface area (Å²) in [6.07, 6.45) is 3.04. The summed E-state index contributed by atoms with van der Waals surface area (Å²) in [5.74, 6) is -3.21. The summed E-state index contributed by atoms with van der Waals surface area (Å²) < 4.78 is 0. The Morgan fingerprint density at radius 3 is 2.58 bits per heavy atom. The molecule has 5 atom stereocenters. The Morgan fingerprint density at radius 1 is 1.28 bits per heavy atom. The first-order valence-corrected chi connectivity index (χ1v) is 11.6. The van der Waals surface area contributed by atoms with Crippen LogP contribution in [0, 0.1) is 0 Å². The molecule has 0 bridgehead atoms. The minimum Gasteiger partial charge on any atom is -0.480 e. The van der Waals surface area contributed by atoms with E-state index >= 15 is 0 Å². The van der Waals surface area contributed by atoms with Gasteiger partial charge < -0.3 is 47.9 Å². The molecule has 0 aromatic carbocycles. The number of carbonyl (C=O) groups excluding carboxylic acids is 3. The molecule has 0 radical (unpaired) electrons. The number of likely N-dealkylation sites (tertiary alicyclic amines) is 1. The van der Waals surface area contributed by atoms with Crippen LogP contribution in [0.3, 0.4) is 0 Å². The van der Waals surface area contributed by atoms with Crippen LogP contribution in [0.2, 0.25) is 0 Å². The number of aliphatic carboxylic acids is 1. The van der Waals surface area contributed by atoms with Crippen LogP contribution < -0.4 is 27.8 Å². The molecule has 1 aliphatic rings. The average Bonchev–Trinajstić information content (AvgIpc) is 3.51. The summed E-state index contributed by atoms with van der Waals surface area (Å²) in [5.41, 5.74) is 16.9. The number of hydrogen-bond donors (Lipinski definition) is 8. The second-order valence-electron chi connectivity index (χ2n) is 8.65. The molecule has 2 heterocycles. The molecule has 200 valence electrons. The molecule has 1 aromatic rings. The van der Waals surface area contributed by atoms with Crippen molar-refractivity contribution in [2.75, 3.05) is 13.1 Å². The van der Waals surface area contributed by atoms with E-state index in [0.717, 1.165) is 0 Å². The van der Waals surface area contributed by atoms with Crippen molar-refractivity contribution in [2.45, 2.75) is 69.3 Å². The Morgan fingerprint density at radius 2 is 2.00 bits per heavy atom. The summed E-state index contributed by atoms with van der Waals surface area (Å²) in [6, 6.07) is -4.45. The zero-order chi connectivity index (χ0) is 26.8. The topological polar surface area (TPSA) is 255 Å². The van der Waals surface area contributed by atoms with Crippen molar-refractivity contribution in [3.05, 3.63) is 18.2 Å². The number of H-pyrrole nitrogens is 1. The van der Waals surface area contributed by atoms with Crippen LogP contribution in [0.4, 0.5) is 0 Å². The Balaban J connectivity index is 2.13. The van der Waals surface area contributed by atoms with E-state index < -0.39 is 54.0 Å². The zero-order valence-corrected chi connectivity index (χ0v) is 20.1. The van der Waals surface area contributed by atoms with E-state index in [1.54, 1.807) is 0 Å². The maximum atomic E-state index is 13.4. The predicted molar refractivity (Wildman–Crippen MR) is 128 cm³/mol. The van der Waals surface area contributed by atoms with Gasteiger partial charge in [0.1, 0.15) is 24.2 Å². The van der Waals surface area contributed by atoms with Gasteiger partial charge in [-0.15, -0.1) is 0 Å². The normalized spacial score (nSPS) is 18.5. The lowest BCUT2D eigenvalue weighted by atomic mass is 10.1. The number of carboxylic acid groups (broad SMARTS) is 1. The molecule has 36 heavy (non-hydrogen) atoms. The quantitative estimate of drug-likeness (QED) is 0.0748. The van der Waals surface area contributed by atoms with Crippen molar-refractivity contribution in [1.82, 2.24) is 25.5 Å². The largest absolute Gasteiger partial charge is 0.480 e. The van der Waals surface area contributed by atoms with Gasteiger partial charge in [0.15, 0.2) is 5.96 Å². The third-order valence-corrected chi connectivity index (χ3v) is 5.81. The van der Waals surface area contributed by atoms with Crippen molar-refractivity contribution < 1.29 is 29.4 Å². The number of hydrogen-bond acceptors (Lipinski definition) is 8. The van der Waals surface area contributed by atoms with Crippen LogP contribution in [0.1, 0.15) is 38.3 Å². The summed E-state index contributed by atoms with van der Waals surface area (Å²) in [7, 11) is 0. The molecule has 1 saturated heterocycles. The van der Waals surface area contributed by atoms with Crippen molar-refractivity contribution in [3.8, 4) is 0 Å². The molecule has 3 amide bonds. The second-order valence-corrected chi connectivity index (χ2v) is 8.65. The van der Waals surface area contributed by atoms with E-state index in [2.05, 4.69) is 25.6 Å². The molecular formula is C21H35N9O6. The third-order valence-electron chi connectivity index (χ3n) is 5.81. The number of aliphatic hydroxyl groups excluding tert-OH is 1. The van der Waals surface area contributed by atoms with E-state index in [1.807, 2.05) is 0 Å². The molecule has 0 spiro atoms. The summed E-state index contributed by atoms with van der Waals surface area (Å²) in [6.45, 7) is 1.81. The summed E-state index contributed by atoms with van der Waals surface area (Å²) >= 11 is 0. The van der Waals surface area contributed by atoms with Gasteiger partial charge in [-0.1, -0.05) is 0 Å². The second kappa shape index (κ2) is 13.4. The van der Waals surface area contributed by atoms with Gasteiger partial charge in [0, 0.05) is 31.4 Å². The highest BCUT2D eigenvalue weighted by atomic mass is 16.4. The molecule has 15 heteroatoms. The van der Waals surface area contributed by atoms with E-state index in [-0.39, 0.29) is 31.9 Å². The van der Waals surface area contributed by atoms with Crippen LogP contribution in [-0.4, -0.2) is 98.1 Å². The number of aromatic nitrogens is 2. The lowest BCUT2D eigenvalue weighted by Gasteiger charge is -2.30. The Bertz CT molecular complexity index is 932. The predicted octanol–water partition coefficient (Wildman–Crippen LogP) is -3.24. The fourth-order valence-corrected chi connectivity index (χ4v) is 3.84. The van der Waals surface area contributed by atoms with Crippen molar-refractivity contribution in [1.29, 1.82) is 0 Å². The van der Waals surface area contributed by atoms with Gasteiger partial charge in [-0.2, -0.15) is 0 Å². The highest BCUT2D eigenvalue weighted by molar-refractivity contribution is 5.94. The van der Waals surface area contributed by atoms with Crippen LogP contribution in [-0.2, 0) is 25.6 Å². The number of rotatable bonds is 13. The van der Waals surface area contributed by atoms with Crippen molar-refractivity contribution in [2.24, 2.45) is 22.2 Å². The Kier molecular flexibility index (Phi) is 10.6. The van der Waals surface area contributed by atoms with Crippen LogP contribution in [0.15, 0.2) is 17.5 Å².